The lowest BCUT2D eigenvalue weighted by molar-refractivity contribution is 0.230. The first-order valence-electron chi connectivity index (χ1n) is 6.92. The summed E-state index contributed by atoms with van der Waals surface area (Å²) in [6.45, 7) is 0.453. The minimum atomic E-state index is -0.287. The van der Waals surface area contributed by atoms with E-state index in [-0.39, 0.29) is 18.3 Å². The van der Waals surface area contributed by atoms with Crippen molar-refractivity contribution in [3.8, 4) is 16.9 Å². The van der Waals surface area contributed by atoms with Crippen molar-refractivity contribution in [3.63, 3.8) is 0 Å². The number of benzene rings is 2. The van der Waals surface area contributed by atoms with Crippen molar-refractivity contribution in [1.82, 2.24) is 0 Å². The Bertz CT molecular complexity index is 597. The predicted octanol–water partition coefficient (Wildman–Crippen LogP) is 2.61. The SMILES string of the molecule is COc1ccc(CC(CN)CO)cc1-c1ccccc1F. The quantitative estimate of drug-likeness (QED) is 0.859. The van der Waals surface area contributed by atoms with Crippen LogP contribution in [0.15, 0.2) is 42.5 Å². The highest BCUT2D eigenvalue weighted by Crippen LogP contribution is 2.33. The number of methoxy groups -OCH3 is 1. The van der Waals surface area contributed by atoms with Crippen LogP contribution in [-0.4, -0.2) is 25.4 Å². The number of ether oxygens (including phenoxy) is 1. The highest BCUT2D eigenvalue weighted by Gasteiger charge is 2.13. The molecule has 3 nitrogen and oxygen atoms in total. The van der Waals surface area contributed by atoms with E-state index in [4.69, 9.17) is 10.5 Å². The zero-order valence-electron chi connectivity index (χ0n) is 12.1. The Hall–Kier alpha value is -1.91. The Morgan fingerprint density at radius 1 is 1.19 bits per heavy atom. The molecular weight excluding hydrogens is 269 g/mol. The number of hydrogen-bond donors (Lipinski definition) is 2. The summed E-state index contributed by atoms with van der Waals surface area (Å²) in [6, 6.07) is 12.2. The summed E-state index contributed by atoms with van der Waals surface area (Å²) < 4.78 is 19.3. The molecule has 0 radical (unpaired) electrons. The molecule has 0 aliphatic rings. The Morgan fingerprint density at radius 2 is 1.95 bits per heavy atom. The lowest BCUT2D eigenvalue weighted by atomic mass is 9.95. The molecule has 4 heteroatoms. The van der Waals surface area contributed by atoms with Crippen molar-refractivity contribution >= 4 is 0 Å². The maximum absolute atomic E-state index is 14.0. The molecule has 0 aromatic heterocycles. The van der Waals surface area contributed by atoms with E-state index in [2.05, 4.69) is 0 Å². The van der Waals surface area contributed by atoms with Gasteiger partial charge in [-0.3, -0.25) is 0 Å². The van der Waals surface area contributed by atoms with Gasteiger partial charge in [-0.2, -0.15) is 0 Å². The van der Waals surface area contributed by atoms with E-state index in [1.54, 1.807) is 25.3 Å². The highest BCUT2D eigenvalue weighted by atomic mass is 19.1. The van der Waals surface area contributed by atoms with Gasteiger partial charge in [0.25, 0.3) is 0 Å². The number of hydrogen-bond acceptors (Lipinski definition) is 3. The second-order valence-corrected chi connectivity index (χ2v) is 5.00. The standard InChI is InChI=1S/C17H20FNO2/c1-21-17-7-6-12(8-13(10-19)11-20)9-15(17)14-4-2-3-5-16(14)18/h2-7,9,13,20H,8,10-11,19H2,1H3. The summed E-state index contributed by atoms with van der Waals surface area (Å²) >= 11 is 0. The van der Waals surface area contributed by atoms with E-state index < -0.39 is 0 Å². The van der Waals surface area contributed by atoms with Gasteiger partial charge in [-0.05, 0) is 42.6 Å². The van der Waals surface area contributed by atoms with Gasteiger partial charge in [0.2, 0.25) is 0 Å². The van der Waals surface area contributed by atoms with Gasteiger partial charge < -0.3 is 15.6 Å². The van der Waals surface area contributed by atoms with Crippen molar-refractivity contribution in [2.24, 2.45) is 11.7 Å². The molecule has 0 saturated heterocycles. The van der Waals surface area contributed by atoms with Crippen LogP contribution in [0, 0.1) is 11.7 Å². The van der Waals surface area contributed by atoms with Crippen LogP contribution in [0.3, 0.4) is 0 Å². The molecule has 2 rings (SSSR count). The van der Waals surface area contributed by atoms with Gasteiger partial charge in [-0.15, -0.1) is 0 Å². The average molecular weight is 289 g/mol. The summed E-state index contributed by atoms with van der Waals surface area (Å²) in [5, 5.41) is 9.25. The lowest BCUT2D eigenvalue weighted by Gasteiger charge is -2.15. The molecule has 0 aliphatic heterocycles. The van der Waals surface area contributed by atoms with Crippen molar-refractivity contribution in [3.05, 3.63) is 53.8 Å². The van der Waals surface area contributed by atoms with Crippen LogP contribution in [-0.2, 0) is 6.42 Å². The van der Waals surface area contributed by atoms with Gasteiger partial charge in [-0.1, -0.05) is 24.3 Å². The average Bonchev–Trinajstić information content (AvgIpc) is 2.53. The van der Waals surface area contributed by atoms with Crippen LogP contribution in [0.4, 0.5) is 4.39 Å². The van der Waals surface area contributed by atoms with E-state index in [1.165, 1.54) is 6.07 Å². The third-order valence-electron chi connectivity index (χ3n) is 3.54. The third-order valence-corrected chi connectivity index (χ3v) is 3.54. The Balaban J connectivity index is 2.41. The summed E-state index contributed by atoms with van der Waals surface area (Å²) in [4.78, 5) is 0. The van der Waals surface area contributed by atoms with E-state index in [0.29, 0.717) is 29.8 Å². The Labute approximate surface area is 124 Å². The largest absolute Gasteiger partial charge is 0.496 e. The van der Waals surface area contributed by atoms with Crippen LogP contribution < -0.4 is 10.5 Å². The first-order chi connectivity index (χ1) is 10.2. The Morgan fingerprint density at radius 3 is 2.57 bits per heavy atom. The molecule has 0 aliphatic carbocycles. The second-order valence-electron chi connectivity index (χ2n) is 5.00. The maximum Gasteiger partial charge on any atom is 0.131 e. The van der Waals surface area contributed by atoms with Gasteiger partial charge in [0.1, 0.15) is 11.6 Å². The summed E-state index contributed by atoms with van der Waals surface area (Å²) in [5.41, 5.74) is 7.83. The van der Waals surface area contributed by atoms with Crippen LogP contribution >= 0.6 is 0 Å². The molecule has 0 bridgehead atoms. The zero-order valence-corrected chi connectivity index (χ0v) is 12.1. The van der Waals surface area contributed by atoms with Gasteiger partial charge in [0.05, 0.1) is 7.11 Å². The van der Waals surface area contributed by atoms with Crippen LogP contribution in [0.1, 0.15) is 5.56 Å². The lowest BCUT2D eigenvalue weighted by Crippen LogP contribution is -2.20. The molecule has 1 unspecified atom stereocenters. The number of aliphatic hydroxyl groups excluding tert-OH is 1. The molecular formula is C17H20FNO2. The van der Waals surface area contributed by atoms with Gasteiger partial charge in [0, 0.05) is 17.7 Å². The molecule has 1 atom stereocenters. The van der Waals surface area contributed by atoms with Crippen molar-refractivity contribution in [2.75, 3.05) is 20.3 Å². The van der Waals surface area contributed by atoms with Gasteiger partial charge in [-0.25, -0.2) is 4.39 Å². The number of rotatable bonds is 6. The van der Waals surface area contributed by atoms with E-state index >= 15 is 0 Å². The molecule has 2 aromatic carbocycles. The van der Waals surface area contributed by atoms with Crippen molar-refractivity contribution in [2.45, 2.75) is 6.42 Å². The highest BCUT2D eigenvalue weighted by molar-refractivity contribution is 5.71. The molecule has 21 heavy (non-hydrogen) atoms. The first-order valence-corrected chi connectivity index (χ1v) is 6.92. The molecule has 0 heterocycles. The third kappa shape index (κ3) is 3.60. The molecule has 0 saturated carbocycles. The fraction of sp³-hybridized carbons (Fsp3) is 0.294. The number of halogens is 1. The molecule has 2 aromatic rings. The van der Waals surface area contributed by atoms with Gasteiger partial charge >= 0.3 is 0 Å². The normalized spacial score (nSPS) is 12.2. The smallest absolute Gasteiger partial charge is 0.131 e. The number of nitrogens with two attached hydrogens (primary N) is 1. The van der Waals surface area contributed by atoms with Crippen LogP contribution in [0.5, 0.6) is 5.75 Å². The van der Waals surface area contributed by atoms with E-state index in [1.807, 2.05) is 18.2 Å². The second kappa shape index (κ2) is 7.20. The van der Waals surface area contributed by atoms with E-state index in [0.717, 1.165) is 5.56 Å². The van der Waals surface area contributed by atoms with Crippen LogP contribution in [0.2, 0.25) is 0 Å². The summed E-state index contributed by atoms with van der Waals surface area (Å²) in [5.74, 6) is 0.342. The minimum absolute atomic E-state index is 0.00636. The van der Waals surface area contributed by atoms with Crippen molar-refractivity contribution in [1.29, 1.82) is 0 Å². The molecule has 0 fully saturated rings. The fourth-order valence-corrected chi connectivity index (χ4v) is 2.33. The molecule has 0 spiro atoms. The first kappa shape index (κ1) is 15.5. The zero-order chi connectivity index (χ0) is 15.2. The van der Waals surface area contributed by atoms with E-state index in [9.17, 15) is 9.50 Å². The molecule has 3 N–H and O–H groups in total. The fourth-order valence-electron chi connectivity index (χ4n) is 2.33. The van der Waals surface area contributed by atoms with Crippen LogP contribution in [0.25, 0.3) is 11.1 Å². The van der Waals surface area contributed by atoms with Crippen molar-refractivity contribution < 1.29 is 14.2 Å². The topological polar surface area (TPSA) is 55.5 Å². The summed E-state index contributed by atoms with van der Waals surface area (Å²) in [6.07, 6.45) is 0.651. The maximum atomic E-state index is 14.0. The summed E-state index contributed by atoms with van der Waals surface area (Å²) in [7, 11) is 1.57. The monoisotopic (exact) mass is 289 g/mol. The molecule has 112 valence electrons. The molecule has 0 amide bonds. The Kier molecular flexibility index (Phi) is 5.31. The minimum Gasteiger partial charge on any atom is -0.496 e. The van der Waals surface area contributed by atoms with Gasteiger partial charge in [0.15, 0.2) is 0 Å². The number of aliphatic hydroxyl groups is 1. The predicted molar refractivity (Wildman–Crippen MR) is 81.7 cm³/mol.